The lowest BCUT2D eigenvalue weighted by atomic mass is 9.89. The first kappa shape index (κ1) is 28.2. The van der Waals surface area contributed by atoms with E-state index < -0.39 is 5.97 Å². The average Bonchev–Trinajstić information content (AvgIpc) is 2.65. The topological polar surface area (TPSA) is 37.3 Å². The van der Waals surface area contributed by atoms with Crippen molar-refractivity contribution in [3.63, 3.8) is 0 Å². The number of hydrogen-bond acceptors (Lipinski definition) is 1. The van der Waals surface area contributed by atoms with Crippen LogP contribution in [0.15, 0.2) is 12.2 Å². The number of nitrogens with zero attached hydrogens (tertiary/aromatic N) is 1. The monoisotopic (exact) mass is 410 g/mol. The predicted molar refractivity (Wildman–Crippen MR) is 127 cm³/mol. The Balaban J connectivity index is 3.65. The number of carbonyl (C=O) groups is 1. The van der Waals surface area contributed by atoms with Gasteiger partial charge in [0.1, 0.15) is 0 Å². The quantitative estimate of drug-likeness (QED) is 0.127. The van der Waals surface area contributed by atoms with Crippen molar-refractivity contribution in [2.24, 2.45) is 5.92 Å². The normalized spacial score (nSPS) is 14.4. The molecule has 0 aliphatic carbocycles. The lowest BCUT2D eigenvalue weighted by Gasteiger charge is -2.36. The van der Waals surface area contributed by atoms with Crippen LogP contribution in [-0.4, -0.2) is 42.7 Å². The minimum Gasteiger partial charge on any atom is -0.477 e. The molecule has 0 spiro atoms. The zero-order valence-corrected chi connectivity index (χ0v) is 20.4. The van der Waals surface area contributed by atoms with E-state index in [-0.39, 0.29) is 12.0 Å². The van der Waals surface area contributed by atoms with E-state index in [4.69, 9.17) is 0 Å². The molecule has 3 heteroatoms. The van der Waals surface area contributed by atoms with Crippen LogP contribution in [0.3, 0.4) is 0 Å². The highest BCUT2D eigenvalue weighted by atomic mass is 16.4. The first-order valence-corrected chi connectivity index (χ1v) is 12.5. The summed E-state index contributed by atoms with van der Waals surface area (Å²) >= 11 is 0. The van der Waals surface area contributed by atoms with Gasteiger partial charge in [0, 0.05) is 5.92 Å². The Morgan fingerprint density at radius 1 is 0.759 bits per heavy atom. The maximum absolute atomic E-state index is 11.7. The Hall–Kier alpha value is -0.830. The summed E-state index contributed by atoms with van der Waals surface area (Å²) in [5, 5.41) is 9.62. The third-order valence-corrected chi connectivity index (χ3v) is 6.15. The standard InChI is InChI=1S/C26H51NO2/c1-6-8-9-10-11-12-13-14-15-16-17-18-19-20-21-22-23-24(7-2)25(26(28)29)27(3,4)5/h14-15,24-25H,6-13,16-23H2,1-5H3/p+1. The van der Waals surface area contributed by atoms with Crippen LogP contribution in [-0.2, 0) is 4.79 Å². The smallest absolute Gasteiger partial charge is 0.362 e. The molecule has 2 atom stereocenters. The first-order chi connectivity index (χ1) is 13.8. The zero-order valence-electron chi connectivity index (χ0n) is 20.4. The maximum Gasteiger partial charge on any atom is 0.362 e. The molecule has 0 bridgehead atoms. The number of hydrogen-bond donors (Lipinski definition) is 1. The molecule has 172 valence electrons. The minimum absolute atomic E-state index is 0.282. The molecule has 29 heavy (non-hydrogen) atoms. The Morgan fingerprint density at radius 3 is 1.62 bits per heavy atom. The van der Waals surface area contributed by atoms with Gasteiger partial charge in [0.25, 0.3) is 0 Å². The van der Waals surface area contributed by atoms with Gasteiger partial charge in [0.15, 0.2) is 6.04 Å². The van der Waals surface area contributed by atoms with Crippen molar-refractivity contribution in [1.29, 1.82) is 0 Å². The summed E-state index contributed by atoms with van der Waals surface area (Å²) in [6, 6.07) is -0.289. The Morgan fingerprint density at radius 2 is 1.21 bits per heavy atom. The number of carboxylic acid groups (broad SMARTS) is 1. The highest BCUT2D eigenvalue weighted by Gasteiger charge is 2.37. The van der Waals surface area contributed by atoms with Gasteiger partial charge in [-0.05, 0) is 38.5 Å². The summed E-state index contributed by atoms with van der Waals surface area (Å²) in [6.45, 7) is 4.41. The lowest BCUT2D eigenvalue weighted by Crippen LogP contribution is -2.53. The summed E-state index contributed by atoms with van der Waals surface area (Å²) in [4.78, 5) is 11.7. The van der Waals surface area contributed by atoms with Gasteiger partial charge in [0.05, 0.1) is 21.1 Å². The van der Waals surface area contributed by atoms with Crippen LogP contribution in [0, 0.1) is 5.92 Å². The van der Waals surface area contributed by atoms with E-state index in [0.717, 1.165) is 12.8 Å². The van der Waals surface area contributed by atoms with Crippen molar-refractivity contribution in [1.82, 2.24) is 0 Å². The largest absolute Gasteiger partial charge is 0.477 e. The number of likely N-dealkylation sites (N-methyl/N-ethyl adjacent to an activating group) is 1. The first-order valence-electron chi connectivity index (χ1n) is 12.5. The van der Waals surface area contributed by atoms with Crippen LogP contribution < -0.4 is 0 Å². The van der Waals surface area contributed by atoms with Gasteiger partial charge in [-0.3, -0.25) is 0 Å². The molecule has 0 rings (SSSR count). The molecular weight excluding hydrogens is 358 g/mol. The van der Waals surface area contributed by atoms with Gasteiger partial charge < -0.3 is 9.59 Å². The fraction of sp³-hybridized carbons (Fsp3) is 0.885. The third-order valence-electron chi connectivity index (χ3n) is 6.15. The van der Waals surface area contributed by atoms with Gasteiger partial charge in [-0.1, -0.05) is 90.2 Å². The van der Waals surface area contributed by atoms with Crippen molar-refractivity contribution in [3.8, 4) is 0 Å². The number of aliphatic carboxylic acids is 1. The van der Waals surface area contributed by atoms with E-state index in [1.165, 1.54) is 89.9 Å². The highest BCUT2D eigenvalue weighted by Crippen LogP contribution is 2.24. The van der Waals surface area contributed by atoms with Crippen molar-refractivity contribution < 1.29 is 14.4 Å². The molecule has 0 heterocycles. The SMILES string of the molecule is CCCCCCCCC=CCCCCCCCCC(CC)C(C(=O)O)[N+](C)(C)C. The van der Waals surface area contributed by atoms with Gasteiger partial charge >= 0.3 is 5.97 Å². The Kier molecular flexibility index (Phi) is 17.5. The van der Waals surface area contributed by atoms with Gasteiger partial charge in [0.2, 0.25) is 0 Å². The second kappa shape index (κ2) is 18.0. The van der Waals surface area contributed by atoms with Crippen molar-refractivity contribution in [3.05, 3.63) is 12.2 Å². The highest BCUT2D eigenvalue weighted by molar-refractivity contribution is 5.72. The molecule has 0 aromatic heterocycles. The Bertz CT molecular complexity index is 411. The summed E-state index contributed by atoms with van der Waals surface area (Å²) in [5.74, 6) is -0.363. The maximum atomic E-state index is 11.7. The van der Waals surface area contributed by atoms with Crippen molar-refractivity contribution in [2.45, 2.75) is 123 Å². The van der Waals surface area contributed by atoms with Crippen LogP contribution in [0.5, 0.6) is 0 Å². The number of rotatable bonds is 20. The Labute approximate surface area is 182 Å². The average molecular weight is 411 g/mol. The van der Waals surface area contributed by atoms with E-state index in [2.05, 4.69) is 26.0 Å². The molecule has 0 amide bonds. The molecule has 0 radical (unpaired) electrons. The van der Waals surface area contributed by atoms with E-state index in [0.29, 0.717) is 4.48 Å². The van der Waals surface area contributed by atoms with Crippen LogP contribution in [0.1, 0.15) is 117 Å². The van der Waals surface area contributed by atoms with E-state index in [1.807, 2.05) is 21.1 Å². The molecule has 2 unspecified atom stereocenters. The molecule has 0 aliphatic heterocycles. The van der Waals surface area contributed by atoms with E-state index in [1.54, 1.807) is 0 Å². The summed E-state index contributed by atoms with van der Waals surface area (Å²) in [5.41, 5.74) is 0. The van der Waals surface area contributed by atoms with Gasteiger partial charge in [-0.25, -0.2) is 4.79 Å². The van der Waals surface area contributed by atoms with E-state index >= 15 is 0 Å². The van der Waals surface area contributed by atoms with Crippen molar-refractivity contribution >= 4 is 5.97 Å². The molecular formula is C26H52NO2+. The zero-order chi connectivity index (χ0) is 22.0. The molecule has 0 fully saturated rings. The molecule has 0 saturated heterocycles. The lowest BCUT2D eigenvalue weighted by molar-refractivity contribution is -0.891. The van der Waals surface area contributed by atoms with Crippen LogP contribution in [0.25, 0.3) is 0 Å². The minimum atomic E-state index is -0.645. The second-order valence-electron chi connectivity index (χ2n) is 9.79. The van der Waals surface area contributed by atoms with Crippen LogP contribution >= 0.6 is 0 Å². The fourth-order valence-corrected chi connectivity index (χ4v) is 4.40. The van der Waals surface area contributed by atoms with Gasteiger partial charge in [-0.2, -0.15) is 0 Å². The third kappa shape index (κ3) is 15.6. The van der Waals surface area contributed by atoms with Crippen molar-refractivity contribution in [2.75, 3.05) is 21.1 Å². The predicted octanol–water partition coefficient (Wildman–Crippen LogP) is 7.60. The second-order valence-corrected chi connectivity index (χ2v) is 9.79. The number of quaternary nitrogens is 1. The number of allylic oxidation sites excluding steroid dienone is 2. The van der Waals surface area contributed by atoms with Crippen LogP contribution in [0.2, 0.25) is 0 Å². The molecule has 0 saturated carbocycles. The summed E-state index contributed by atoms with van der Waals surface area (Å²) < 4.78 is 0.514. The molecule has 0 aliphatic rings. The molecule has 0 aromatic carbocycles. The number of unbranched alkanes of at least 4 members (excludes halogenated alkanes) is 12. The summed E-state index contributed by atoms with van der Waals surface area (Å²) in [7, 11) is 6.01. The molecule has 3 nitrogen and oxygen atoms in total. The van der Waals surface area contributed by atoms with Gasteiger partial charge in [-0.15, -0.1) is 0 Å². The molecule has 1 N–H and O–H groups in total. The number of carboxylic acids is 1. The van der Waals surface area contributed by atoms with Crippen LogP contribution in [0.4, 0.5) is 0 Å². The summed E-state index contributed by atoms with van der Waals surface area (Å²) in [6.07, 6.45) is 25.2. The molecule has 0 aromatic rings. The van der Waals surface area contributed by atoms with E-state index in [9.17, 15) is 9.90 Å². The fourth-order valence-electron chi connectivity index (χ4n) is 4.40.